The highest BCUT2D eigenvalue weighted by atomic mass is 14.8. The topological polar surface area (TPSA) is 12.4 Å². The summed E-state index contributed by atoms with van der Waals surface area (Å²) >= 11 is 0. The molecule has 2 aromatic carbocycles. The van der Waals surface area contributed by atoms with Crippen LogP contribution in [-0.4, -0.2) is 6.21 Å². The maximum atomic E-state index is 4.51. The van der Waals surface area contributed by atoms with Crippen LogP contribution in [0.1, 0.15) is 22.7 Å². The van der Waals surface area contributed by atoms with Crippen LogP contribution in [0.25, 0.3) is 11.1 Å². The average Bonchev–Trinajstić information content (AvgIpc) is 3.05. The summed E-state index contributed by atoms with van der Waals surface area (Å²) in [7, 11) is 0. The van der Waals surface area contributed by atoms with Crippen molar-refractivity contribution in [3.05, 3.63) is 71.3 Å². The quantitative estimate of drug-likeness (QED) is 0.601. The van der Waals surface area contributed by atoms with E-state index >= 15 is 0 Å². The summed E-state index contributed by atoms with van der Waals surface area (Å²) in [5, 5.41) is 0. The van der Waals surface area contributed by atoms with E-state index in [1.807, 2.05) is 12.3 Å². The highest BCUT2D eigenvalue weighted by molar-refractivity contribution is 5.79. The number of aliphatic imine (C=N–C) groups is 1. The van der Waals surface area contributed by atoms with Crippen molar-refractivity contribution in [1.29, 1.82) is 0 Å². The predicted octanol–water partition coefficient (Wildman–Crippen LogP) is 3.94. The van der Waals surface area contributed by atoms with Crippen LogP contribution in [0, 0.1) is 0 Å². The van der Waals surface area contributed by atoms with Crippen molar-refractivity contribution in [1.82, 2.24) is 0 Å². The van der Waals surface area contributed by atoms with Crippen molar-refractivity contribution >= 4 is 6.21 Å². The van der Waals surface area contributed by atoms with Gasteiger partial charge in [-0.1, -0.05) is 48.5 Å². The molecule has 4 rings (SSSR count). The Labute approximate surface area is 107 Å². The normalized spacial score (nSPS) is 19.0. The number of rotatable bonds is 1. The van der Waals surface area contributed by atoms with Gasteiger partial charge in [0.05, 0.1) is 6.04 Å². The SMILES string of the molecule is C1=CC(c2cccc3c2Cc2ccccc2-3)N=C1. The number of hydrogen-bond donors (Lipinski definition) is 0. The lowest BCUT2D eigenvalue weighted by molar-refractivity contribution is 0.916. The first-order valence-corrected chi connectivity index (χ1v) is 6.33. The zero-order valence-corrected chi connectivity index (χ0v) is 10.0. The van der Waals surface area contributed by atoms with E-state index in [1.165, 1.54) is 27.8 Å². The van der Waals surface area contributed by atoms with Gasteiger partial charge in [0.2, 0.25) is 0 Å². The van der Waals surface area contributed by atoms with Gasteiger partial charge in [-0.25, -0.2) is 0 Å². The molecule has 1 unspecified atom stereocenters. The first-order valence-electron chi connectivity index (χ1n) is 6.33. The molecule has 0 saturated carbocycles. The van der Waals surface area contributed by atoms with Gasteiger partial charge in [-0.15, -0.1) is 0 Å². The third-order valence-corrected chi connectivity index (χ3v) is 3.83. The lowest BCUT2D eigenvalue weighted by Crippen LogP contribution is -1.95. The van der Waals surface area contributed by atoms with Gasteiger partial charge < -0.3 is 0 Å². The van der Waals surface area contributed by atoms with Crippen LogP contribution in [0.2, 0.25) is 0 Å². The molecule has 1 nitrogen and oxygen atoms in total. The minimum absolute atomic E-state index is 0.217. The van der Waals surface area contributed by atoms with Crippen LogP contribution < -0.4 is 0 Å². The average molecular weight is 231 g/mol. The van der Waals surface area contributed by atoms with Crippen LogP contribution in [0.3, 0.4) is 0 Å². The van der Waals surface area contributed by atoms with Gasteiger partial charge in [-0.2, -0.15) is 0 Å². The van der Waals surface area contributed by atoms with Crippen LogP contribution in [0.15, 0.2) is 59.6 Å². The number of benzene rings is 2. The van der Waals surface area contributed by atoms with E-state index in [-0.39, 0.29) is 6.04 Å². The zero-order valence-electron chi connectivity index (χ0n) is 10.0. The molecule has 1 heteroatoms. The van der Waals surface area contributed by atoms with Crippen molar-refractivity contribution in [3.8, 4) is 11.1 Å². The lowest BCUT2D eigenvalue weighted by Gasteiger charge is -2.11. The molecule has 1 atom stereocenters. The van der Waals surface area contributed by atoms with E-state index in [0.717, 1.165) is 6.42 Å². The maximum absolute atomic E-state index is 4.51. The highest BCUT2D eigenvalue weighted by Crippen LogP contribution is 2.40. The summed E-state index contributed by atoms with van der Waals surface area (Å²) in [4.78, 5) is 4.51. The van der Waals surface area contributed by atoms with E-state index in [9.17, 15) is 0 Å². The van der Waals surface area contributed by atoms with Gasteiger partial charge in [0.25, 0.3) is 0 Å². The molecule has 0 N–H and O–H groups in total. The molecule has 2 aliphatic rings. The van der Waals surface area contributed by atoms with Crippen LogP contribution >= 0.6 is 0 Å². The molecule has 86 valence electrons. The summed E-state index contributed by atoms with van der Waals surface area (Å²) in [5.41, 5.74) is 7.02. The minimum Gasteiger partial charge on any atom is -0.281 e. The highest BCUT2D eigenvalue weighted by Gasteiger charge is 2.23. The second-order valence-electron chi connectivity index (χ2n) is 4.84. The number of allylic oxidation sites excluding steroid dienone is 1. The fourth-order valence-electron chi connectivity index (χ4n) is 2.99. The zero-order chi connectivity index (χ0) is 11.9. The van der Waals surface area contributed by atoms with Crippen LogP contribution in [0.4, 0.5) is 0 Å². The second kappa shape index (κ2) is 3.67. The third kappa shape index (κ3) is 1.31. The first-order chi connectivity index (χ1) is 8.93. The van der Waals surface area contributed by atoms with Gasteiger partial charge in [-0.3, -0.25) is 4.99 Å². The molecule has 1 aliphatic carbocycles. The smallest absolute Gasteiger partial charge is 0.0936 e. The third-order valence-electron chi connectivity index (χ3n) is 3.83. The van der Waals surface area contributed by atoms with Crippen LogP contribution in [-0.2, 0) is 6.42 Å². The Hall–Kier alpha value is -2.15. The number of hydrogen-bond acceptors (Lipinski definition) is 1. The summed E-state index contributed by atoms with van der Waals surface area (Å²) in [6, 6.07) is 15.5. The molecule has 0 bridgehead atoms. The Morgan fingerprint density at radius 3 is 2.72 bits per heavy atom. The van der Waals surface area contributed by atoms with Gasteiger partial charge >= 0.3 is 0 Å². The first kappa shape index (κ1) is 9.84. The Morgan fingerprint density at radius 1 is 0.944 bits per heavy atom. The molecule has 0 radical (unpaired) electrons. The van der Waals surface area contributed by atoms with E-state index in [1.54, 1.807) is 0 Å². The Kier molecular flexibility index (Phi) is 2.01. The predicted molar refractivity (Wildman–Crippen MR) is 75.1 cm³/mol. The second-order valence-corrected chi connectivity index (χ2v) is 4.84. The monoisotopic (exact) mass is 231 g/mol. The van der Waals surface area contributed by atoms with Gasteiger partial charge in [0, 0.05) is 6.21 Å². The molecule has 0 amide bonds. The lowest BCUT2D eigenvalue weighted by atomic mass is 9.96. The van der Waals surface area contributed by atoms with Crippen molar-refractivity contribution in [3.63, 3.8) is 0 Å². The Balaban J connectivity index is 1.91. The summed E-state index contributed by atoms with van der Waals surface area (Å²) < 4.78 is 0. The van der Waals surface area contributed by atoms with E-state index in [0.29, 0.717) is 0 Å². The summed E-state index contributed by atoms with van der Waals surface area (Å²) in [6.07, 6.45) is 7.14. The van der Waals surface area contributed by atoms with E-state index in [4.69, 9.17) is 0 Å². The molecule has 0 saturated heterocycles. The number of nitrogens with zero attached hydrogens (tertiary/aromatic N) is 1. The van der Waals surface area contributed by atoms with Gasteiger partial charge in [-0.05, 0) is 40.3 Å². The van der Waals surface area contributed by atoms with E-state index in [2.05, 4.69) is 53.5 Å². The molecule has 2 aromatic rings. The molecule has 0 spiro atoms. The molecule has 1 heterocycles. The van der Waals surface area contributed by atoms with E-state index < -0.39 is 0 Å². The minimum atomic E-state index is 0.217. The Morgan fingerprint density at radius 2 is 1.83 bits per heavy atom. The molecule has 0 aromatic heterocycles. The molecular formula is C17H13N. The van der Waals surface area contributed by atoms with Crippen molar-refractivity contribution in [2.75, 3.05) is 0 Å². The van der Waals surface area contributed by atoms with Crippen LogP contribution in [0.5, 0.6) is 0 Å². The molecule has 1 aliphatic heterocycles. The molecule has 18 heavy (non-hydrogen) atoms. The van der Waals surface area contributed by atoms with Gasteiger partial charge in [0.1, 0.15) is 0 Å². The van der Waals surface area contributed by atoms with Gasteiger partial charge in [0.15, 0.2) is 0 Å². The fraction of sp³-hybridized carbons (Fsp3) is 0.118. The van der Waals surface area contributed by atoms with Crippen molar-refractivity contribution in [2.45, 2.75) is 12.5 Å². The largest absolute Gasteiger partial charge is 0.281 e. The standard InChI is InChI=1S/C17H13N/c1-2-6-13-12(5-1)11-16-14(13)7-3-8-15(16)17-9-4-10-18-17/h1-10,17H,11H2. The van der Waals surface area contributed by atoms with Crippen molar-refractivity contribution < 1.29 is 0 Å². The fourth-order valence-corrected chi connectivity index (χ4v) is 2.99. The molecule has 0 fully saturated rings. The summed E-state index contributed by atoms with van der Waals surface area (Å²) in [6.45, 7) is 0. The summed E-state index contributed by atoms with van der Waals surface area (Å²) in [5.74, 6) is 0. The maximum Gasteiger partial charge on any atom is 0.0936 e. The Bertz CT molecular complexity index is 668. The molecular weight excluding hydrogens is 218 g/mol. The van der Waals surface area contributed by atoms with Crippen molar-refractivity contribution in [2.24, 2.45) is 4.99 Å². The number of fused-ring (bicyclic) bond motifs is 3.